The molecule has 1 aromatic heterocycles. The molecule has 0 saturated carbocycles. The first kappa shape index (κ1) is 12.2. The summed E-state index contributed by atoms with van der Waals surface area (Å²) >= 11 is 0. The Morgan fingerprint density at radius 3 is 2.67 bits per heavy atom. The van der Waals surface area contributed by atoms with Gasteiger partial charge in [-0.2, -0.15) is 0 Å². The number of pyridine rings is 1. The summed E-state index contributed by atoms with van der Waals surface area (Å²) < 4.78 is 7.15. The normalized spacial score (nSPS) is 10.2. The third-order valence-electron chi connectivity index (χ3n) is 2.56. The lowest BCUT2D eigenvalue weighted by atomic mass is 10.3. The van der Waals surface area contributed by atoms with Gasteiger partial charge in [0.1, 0.15) is 5.75 Å². The first-order valence-corrected chi connectivity index (χ1v) is 5.89. The SMILES string of the molecule is Nc1ccc(=O)n(CCCOc2ccccc2)c1. The van der Waals surface area contributed by atoms with E-state index in [4.69, 9.17) is 10.5 Å². The van der Waals surface area contributed by atoms with Gasteiger partial charge in [-0.25, -0.2) is 0 Å². The number of anilines is 1. The van der Waals surface area contributed by atoms with Crippen LogP contribution in [0.1, 0.15) is 6.42 Å². The van der Waals surface area contributed by atoms with Crippen molar-refractivity contribution in [1.82, 2.24) is 4.57 Å². The molecule has 0 bridgehead atoms. The van der Waals surface area contributed by atoms with Crippen LogP contribution in [0.4, 0.5) is 5.69 Å². The van der Waals surface area contributed by atoms with E-state index in [1.807, 2.05) is 30.3 Å². The standard InChI is InChI=1S/C14H16N2O2/c15-12-7-8-14(17)16(11-12)9-4-10-18-13-5-2-1-3-6-13/h1-3,5-8,11H,4,9-10,15H2. The van der Waals surface area contributed by atoms with Gasteiger partial charge in [0, 0.05) is 24.5 Å². The van der Waals surface area contributed by atoms with Crippen LogP contribution in [0, 0.1) is 0 Å². The monoisotopic (exact) mass is 244 g/mol. The molecule has 0 atom stereocenters. The Kier molecular flexibility index (Phi) is 4.02. The van der Waals surface area contributed by atoms with Crippen molar-refractivity contribution in [3.63, 3.8) is 0 Å². The minimum absolute atomic E-state index is 0.0380. The first-order valence-electron chi connectivity index (χ1n) is 5.89. The second-order valence-corrected chi connectivity index (χ2v) is 4.01. The van der Waals surface area contributed by atoms with Crippen molar-refractivity contribution in [2.24, 2.45) is 0 Å². The van der Waals surface area contributed by atoms with Crippen LogP contribution < -0.4 is 16.0 Å². The van der Waals surface area contributed by atoms with Gasteiger partial charge < -0.3 is 15.0 Å². The second-order valence-electron chi connectivity index (χ2n) is 4.01. The molecule has 0 unspecified atom stereocenters. The van der Waals surface area contributed by atoms with Crippen molar-refractivity contribution in [2.75, 3.05) is 12.3 Å². The van der Waals surface area contributed by atoms with Gasteiger partial charge in [-0.1, -0.05) is 18.2 Å². The molecule has 0 aliphatic carbocycles. The number of para-hydroxylation sites is 1. The van der Waals surface area contributed by atoms with Gasteiger partial charge in [0.25, 0.3) is 5.56 Å². The number of benzene rings is 1. The van der Waals surface area contributed by atoms with E-state index in [0.717, 1.165) is 12.2 Å². The zero-order chi connectivity index (χ0) is 12.8. The summed E-state index contributed by atoms with van der Waals surface area (Å²) in [5.41, 5.74) is 6.19. The minimum Gasteiger partial charge on any atom is -0.494 e. The summed E-state index contributed by atoms with van der Waals surface area (Å²) in [5, 5.41) is 0. The number of hydrogen-bond acceptors (Lipinski definition) is 3. The van der Waals surface area contributed by atoms with Crippen molar-refractivity contribution < 1.29 is 4.74 Å². The molecule has 94 valence electrons. The number of aromatic nitrogens is 1. The molecule has 0 fully saturated rings. The van der Waals surface area contributed by atoms with Gasteiger partial charge in [-0.15, -0.1) is 0 Å². The number of nitrogens with two attached hydrogens (primary N) is 1. The van der Waals surface area contributed by atoms with Crippen LogP contribution in [0.2, 0.25) is 0 Å². The molecular formula is C14H16N2O2. The summed E-state index contributed by atoms with van der Waals surface area (Å²) in [6.45, 7) is 1.18. The summed E-state index contributed by atoms with van der Waals surface area (Å²) in [4.78, 5) is 11.5. The van der Waals surface area contributed by atoms with E-state index in [-0.39, 0.29) is 5.56 Å². The predicted octanol–water partition coefficient (Wildman–Crippen LogP) is 1.90. The molecule has 4 heteroatoms. The molecule has 18 heavy (non-hydrogen) atoms. The predicted molar refractivity (Wildman–Crippen MR) is 71.7 cm³/mol. The van der Waals surface area contributed by atoms with E-state index in [0.29, 0.717) is 18.8 Å². The van der Waals surface area contributed by atoms with Crippen LogP contribution in [0.25, 0.3) is 0 Å². The fourth-order valence-corrected chi connectivity index (χ4v) is 1.67. The highest BCUT2D eigenvalue weighted by Gasteiger charge is 1.97. The molecule has 1 heterocycles. The molecule has 2 aromatic rings. The molecule has 2 N–H and O–H groups in total. The largest absolute Gasteiger partial charge is 0.494 e. The van der Waals surface area contributed by atoms with Crippen molar-refractivity contribution in [3.05, 3.63) is 59.0 Å². The Hall–Kier alpha value is -2.23. The van der Waals surface area contributed by atoms with Gasteiger partial charge in [0.05, 0.1) is 6.61 Å². The van der Waals surface area contributed by atoms with Crippen LogP contribution in [-0.4, -0.2) is 11.2 Å². The Balaban J connectivity index is 1.82. The lowest BCUT2D eigenvalue weighted by molar-refractivity contribution is 0.301. The van der Waals surface area contributed by atoms with Crippen LogP contribution in [-0.2, 0) is 6.54 Å². The van der Waals surface area contributed by atoms with Crippen molar-refractivity contribution >= 4 is 5.69 Å². The van der Waals surface area contributed by atoms with Gasteiger partial charge >= 0.3 is 0 Å². The maximum Gasteiger partial charge on any atom is 0.250 e. The molecule has 0 aliphatic rings. The highest BCUT2D eigenvalue weighted by atomic mass is 16.5. The molecule has 0 spiro atoms. The molecular weight excluding hydrogens is 228 g/mol. The number of nitrogens with zero attached hydrogens (tertiary/aromatic N) is 1. The van der Waals surface area contributed by atoms with E-state index in [2.05, 4.69) is 0 Å². The molecule has 0 amide bonds. The average Bonchev–Trinajstić information content (AvgIpc) is 2.40. The van der Waals surface area contributed by atoms with Crippen LogP contribution >= 0.6 is 0 Å². The van der Waals surface area contributed by atoms with E-state index < -0.39 is 0 Å². The Morgan fingerprint density at radius 2 is 1.89 bits per heavy atom. The third kappa shape index (κ3) is 3.38. The highest BCUT2D eigenvalue weighted by Crippen LogP contribution is 2.08. The fraction of sp³-hybridized carbons (Fsp3) is 0.214. The number of aryl methyl sites for hydroxylation is 1. The Labute approximate surface area is 106 Å². The van der Waals surface area contributed by atoms with Gasteiger partial charge in [-0.3, -0.25) is 4.79 Å². The van der Waals surface area contributed by atoms with Gasteiger partial charge in [0.2, 0.25) is 0 Å². The van der Waals surface area contributed by atoms with E-state index >= 15 is 0 Å². The van der Waals surface area contributed by atoms with Gasteiger partial charge in [0.15, 0.2) is 0 Å². The van der Waals surface area contributed by atoms with Crippen molar-refractivity contribution in [2.45, 2.75) is 13.0 Å². The molecule has 0 saturated heterocycles. The lowest BCUT2D eigenvalue weighted by Gasteiger charge is -2.08. The van der Waals surface area contributed by atoms with Crippen molar-refractivity contribution in [3.8, 4) is 5.75 Å². The zero-order valence-corrected chi connectivity index (χ0v) is 10.1. The quantitative estimate of drug-likeness (QED) is 0.817. The Morgan fingerprint density at radius 1 is 1.11 bits per heavy atom. The van der Waals surface area contributed by atoms with Gasteiger partial charge in [-0.05, 0) is 24.6 Å². The van der Waals surface area contributed by atoms with Crippen molar-refractivity contribution in [1.29, 1.82) is 0 Å². The Bertz CT molecular complexity index is 549. The number of ether oxygens (including phenoxy) is 1. The summed E-state index contributed by atoms with van der Waals surface area (Å²) in [6, 6.07) is 12.7. The lowest BCUT2D eigenvalue weighted by Crippen LogP contribution is -2.20. The molecule has 0 radical (unpaired) electrons. The number of hydrogen-bond donors (Lipinski definition) is 1. The minimum atomic E-state index is -0.0380. The third-order valence-corrected chi connectivity index (χ3v) is 2.56. The second kappa shape index (κ2) is 5.91. The number of nitrogen functional groups attached to an aromatic ring is 1. The molecule has 4 nitrogen and oxygen atoms in total. The molecule has 0 aliphatic heterocycles. The molecule has 1 aromatic carbocycles. The summed E-state index contributed by atoms with van der Waals surface area (Å²) in [5.74, 6) is 0.845. The fourth-order valence-electron chi connectivity index (χ4n) is 1.67. The van der Waals surface area contributed by atoms with E-state index in [1.54, 1.807) is 16.8 Å². The van der Waals surface area contributed by atoms with Crippen LogP contribution in [0.15, 0.2) is 53.5 Å². The summed E-state index contributed by atoms with van der Waals surface area (Å²) in [7, 11) is 0. The topological polar surface area (TPSA) is 57.2 Å². The maximum absolute atomic E-state index is 11.5. The first-order chi connectivity index (χ1) is 8.75. The molecule has 2 rings (SSSR count). The summed E-state index contributed by atoms with van der Waals surface area (Å²) in [6.07, 6.45) is 2.42. The van der Waals surface area contributed by atoms with E-state index in [9.17, 15) is 4.79 Å². The van der Waals surface area contributed by atoms with Crippen LogP contribution in [0.3, 0.4) is 0 Å². The van der Waals surface area contributed by atoms with E-state index in [1.165, 1.54) is 6.07 Å². The number of rotatable bonds is 5. The van der Waals surface area contributed by atoms with Crippen LogP contribution in [0.5, 0.6) is 5.75 Å². The highest BCUT2D eigenvalue weighted by molar-refractivity contribution is 5.33. The smallest absolute Gasteiger partial charge is 0.250 e. The average molecular weight is 244 g/mol. The zero-order valence-electron chi connectivity index (χ0n) is 10.1. The maximum atomic E-state index is 11.5.